The Kier molecular flexibility index (Phi) is 2.44. The predicted molar refractivity (Wildman–Crippen MR) is 62.1 cm³/mol. The Morgan fingerprint density at radius 3 is 2.71 bits per heavy atom. The number of esters is 1. The fraction of sp³-hybridized carbons (Fsp3) is 0.500. The maximum absolute atomic E-state index is 11.8. The highest BCUT2D eigenvalue weighted by atomic mass is 16.5. The second-order valence-corrected chi connectivity index (χ2v) is 5.28. The minimum atomic E-state index is -0.0761. The molecule has 0 amide bonds. The van der Waals surface area contributed by atoms with Gasteiger partial charge in [-0.05, 0) is 17.5 Å². The van der Waals surface area contributed by atoms with Crippen LogP contribution in [0.4, 0.5) is 0 Å². The van der Waals surface area contributed by atoms with Crippen molar-refractivity contribution in [1.82, 2.24) is 0 Å². The van der Waals surface area contributed by atoms with E-state index in [-0.39, 0.29) is 17.3 Å². The van der Waals surface area contributed by atoms with Crippen LogP contribution in [-0.4, -0.2) is 12.6 Å². The zero-order valence-electron chi connectivity index (χ0n) is 9.94. The van der Waals surface area contributed by atoms with E-state index in [1.807, 2.05) is 24.3 Å². The van der Waals surface area contributed by atoms with Gasteiger partial charge in [0.25, 0.3) is 0 Å². The molecule has 1 aromatic rings. The van der Waals surface area contributed by atoms with E-state index in [4.69, 9.17) is 9.47 Å². The molecule has 17 heavy (non-hydrogen) atoms. The molecule has 1 fully saturated rings. The molecule has 3 heteroatoms. The van der Waals surface area contributed by atoms with Crippen LogP contribution in [0.25, 0.3) is 0 Å². The average Bonchev–Trinajstić information content (AvgIpc) is 3.00. The zero-order valence-corrected chi connectivity index (χ0v) is 9.94. The molecule has 90 valence electrons. The highest BCUT2D eigenvalue weighted by Crippen LogP contribution is 2.53. The number of carbonyl (C=O) groups excluding carboxylic acids is 1. The first-order valence-electron chi connectivity index (χ1n) is 6.00. The van der Waals surface area contributed by atoms with Gasteiger partial charge in [-0.1, -0.05) is 31.2 Å². The summed E-state index contributed by atoms with van der Waals surface area (Å²) < 4.78 is 11.1. The van der Waals surface area contributed by atoms with Gasteiger partial charge in [-0.15, -0.1) is 0 Å². The topological polar surface area (TPSA) is 35.5 Å². The molecule has 1 aliphatic heterocycles. The number of ether oxygens (including phenoxy) is 2. The molecule has 0 spiro atoms. The van der Waals surface area contributed by atoms with E-state index in [9.17, 15) is 4.79 Å². The van der Waals surface area contributed by atoms with Gasteiger partial charge in [0.15, 0.2) is 0 Å². The van der Waals surface area contributed by atoms with Crippen LogP contribution >= 0.6 is 0 Å². The average molecular weight is 232 g/mol. The lowest BCUT2D eigenvalue weighted by Gasteiger charge is -2.16. The number of carbonyl (C=O) groups is 1. The van der Waals surface area contributed by atoms with Crippen molar-refractivity contribution in [2.24, 2.45) is 11.3 Å². The van der Waals surface area contributed by atoms with Crippen LogP contribution in [0, 0.1) is 11.3 Å². The third kappa shape index (κ3) is 1.95. The highest BCUT2D eigenvalue weighted by Gasteiger charge is 2.55. The van der Waals surface area contributed by atoms with Crippen LogP contribution in [0.3, 0.4) is 0 Å². The van der Waals surface area contributed by atoms with Crippen LogP contribution in [0.2, 0.25) is 0 Å². The fourth-order valence-corrected chi connectivity index (χ4v) is 2.42. The standard InChI is InChI=1S/C14H16O3/c1-14-6-12(14)13(15)17-8-11-5-3-2-4-10(11)7-16-9-14/h2-5,12H,6-9H2,1H3/t12-,14+/m1/s1. The van der Waals surface area contributed by atoms with Crippen molar-refractivity contribution >= 4 is 5.97 Å². The van der Waals surface area contributed by atoms with Gasteiger partial charge < -0.3 is 9.47 Å². The van der Waals surface area contributed by atoms with E-state index in [2.05, 4.69) is 6.92 Å². The quantitative estimate of drug-likeness (QED) is 0.644. The smallest absolute Gasteiger partial charge is 0.309 e. The van der Waals surface area contributed by atoms with Crippen molar-refractivity contribution in [2.45, 2.75) is 26.6 Å². The van der Waals surface area contributed by atoms with E-state index in [0.29, 0.717) is 19.8 Å². The SMILES string of the molecule is C[C@]12COCc3ccccc3COC(=O)[C@H]1C2. The Labute approximate surface area is 101 Å². The van der Waals surface area contributed by atoms with Crippen molar-refractivity contribution < 1.29 is 14.3 Å². The Morgan fingerprint density at radius 2 is 1.94 bits per heavy atom. The summed E-state index contributed by atoms with van der Waals surface area (Å²) >= 11 is 0. The normalized spacial score (nSPS) is 32.1. The minimum absolute atomic E-state index is 0.00334. The molecule has 1 saturated carbocycles. The van der Waals surface area contributed by atoms with Gasteiger partial charge in [0.2, 0.25) is 0 Å². The summed E-state index contributed by atoms with van der Waals surface area (Å²) in [6.45, 7) is 3.70. The first kappa shape index (κ1) is 10.8. The molecule has 0 unspecified atom stereocenters. The molecule has 0 aromatic heterocycles. The van der Waals surface area contributed by atoms with Crippen LogP contribution in [0.1, 0.15) is 24.5 Å². The second-order valence-electron chi connectivity index (χ2n) is 5.28. The summed E-state index contributed by atoms with van der Waals surface area (Å²) in [7, 11) is 0. The lowest BCUT2D eigenvalue weighted by Crippen LogP contribution is -2.18. The fourth-order valence-electron chi connectivity index (χ4n) is 2.42. The summed E-state index contributed by atoms with van der Waals surface area (Å²) in [6.07, 6.45) is 0.891. The van der Waals surface area contributed by atoms with Gasteiger partial charge in [-0.25, -0.2) is 0 Å². The van der Waals surface area contributed by atoms with Gasteiger partial charge >= 0.3 is 5.97 Å². The van der Waals surface area contributed by atoms with Crippen LogP contribution in [-0.2, 0) is 27.5 Å². The summed E-state index contributed by atoms with van der Waals surface area (Å²) in [5.41, 5.74) is 2.16. The first-order valence-corrected chi connectivity index (χ1v) is 6.00. The molecule has 0 N–H and O–H groups in total. The van der Waals surface area contributed by atoms with Crippen molar-refractivity contribution in [2.75, 3.05) is 6.61 Å². The number of hydrogen-bond acceptors (Lipinski definition) is 3. The predicted octanol–water partition coefficient (Wildman–Crippen LogP) is 2.29. The van der Waals surface area contributed by atoms with Crippen molar-refractivity contribution in [3.8, 4) is 0 Å². The molecule has 1 aliphatic carbocycles. The second kappa shape index (κ2) is 3.84. The molecule has 3 nitrogen and oxygen atoms in total. The van der Waals surface area contributed by atoms with E-state index in [1.54, 1.807) is 0 Å². The third-order valence-electron chi connectivity index (χ3n) is 3.81. The largest absolute Gasteiger partial charge is 0.461 e. The Balaban J connectivity index is 1.83. The number of cyclic esters (lactones) is 1. The monoisotopic (exact) mass is 232 g/mol. The van der Waals surface area contributed by atoms with Crippen LogP contribution in [0.15, 0.2) is 24.3 Å². The highest BCUT2D eigenvalue weighted by molar-refractivity contribution is 5.76. The molecule has 2 atom stereocenters. The molecule has 0 saturated heterocycles. The Bertz CT molecular complexity index is 455. The van der Waals surface area contributed by atoms with Gasteiger partial charge in [0.05, 0.1) is 19.1 Å². The first-order chi connectivity index (χ1) is 8.19. The van der Waals surface area contributed by atoms with E-state index in [1.165, 1.54) is 0 Å². The minimum Gasteiger partial charge on any atom is -0.461 e. The van der Waals surface area contributed by atoms with Crippen molar-refractivity contribution in [3.05, 3.63) is 35.4 Å². The van der Waals surface area contributed by atoms with Gasteiger partial charge in [-0.2, -0.15) is 0 Å². The number of rotatable bonds is 0. The molecule has 2 aliphatic rings. The van der Waals surface area contributed by atoms with Gasteiger partial charge in [0, 0.05) is 5.41 Å². The molecule has 1 heterocycles. The zero-order chi connectivity index (χ0) is 11.9. The van der Waals surface area contributed by atoms with Crippen molar-refractivity contribution in [1.29, 1.82) is 0 Å². The maximum atomic E-state index is 11.8. The summed E-state index contributed by atoms with van der Waals surface area (Å²) in [5.74, 6) is -0.0411. The van der Waals surface area contributed by atoms with Crippen molar-refractivity contribution in [3.63, 3.8) is 0 Å². The lowest BCUT2D eigenvalue weighted by atomic mass is 10.1. The maximum Gasteiger partial charge on any atom is 0.309 e. The number of fused-ring (bicyclic) bond motifs is 2. The Hall–Kier alpha value is -1.35. The van der Waals surface area contributed by atoms with E-state index in [0.717, 1.165) is 17.5 Å². The van der Waals surface area contributed by atoms with Crippen LogP contribution < -0.4 is 0 Å². The summed E-state index contributed by atoms with van der Waals surface area (Å²) in [4.78, 5) is 11.8. The van der Waals surface area contributed by atoms with Gasteiger partial charge in [0.1, 0.15) is 6.61 Å². The van der Waals surface area contributed by atoms with E-state index < -0.39 is 0 Å². The van der Waals surface area contributed by atoms with Crippen LogP contribution in [0.5, 0.6) is 0 Å². The molecule has 3 rings (SSSR count). The Morgan fingerprint density at radius 1 is 1.24 bits per heavy atom. The van der Waals surface area contributed by atoms with Gasteiger partial charge in [-0.3, -0.25) is 4.79 Å². The molecule has 0 bridgehead atoms. The molecule has 0 radical (unpaired) electrons. The lowest BCUT2D eigenvalue weighted by molar-refractivity contribution is -0.148. The molecule has 1 aromatic carbocycles. The molecular weight excluding hydrogens is 216 g/mol. The molecular formula is C14H16O3. The third-order valence-corrected chi connectivity index (χ3v) is 3.81. The van der Waals surface area contributed by atoms with E-state index >= 15 is 0 Å². The summed E-state index contributed by atoms with van der Waals surface area (Å²) in [5, 5.41) is 0. The summed E-state index contributed by atoms with van der Waals surface area (Å²) in [6, 6.07) is 7.95. The number of benzene rings is 1. The number of hydrogen-bond donors (Lipinski definition) is 0.